The summed E-state index contributed by atoms with van der Waals surface area (Å²) in [6, 6.07) is 9.45. The second-order valence-electron chi connectivity index (χ2n) is 5.68. The average Bonchev–Trinajstić information content (AvgIpc) is 2.45. The van der Waals surface area contributed by atoms with E-state index in [9.17, 15) is 4.79 Å². The monoisotopic (exact) mass is 276 g/mol. The van der Waals surface area contributed by atoms with Gasteiger partial charge in [0.25, 0.3) is 0 Å². The Labute approximate surface area is 120 Å². The maximum absolute atomic E-state index is 12.2. The molecule has 4 nitrogen and oxygen atoms in total. The van der Waals surface area contributed by atoms with Crippen molar-refractivity contribution in [2.24, 2.45) is 11.7 Å². The molecule has 4 heteroatoms. The third-order valence-electron chi connectivity index (χ3n) is 4.42. The number of carbonyl (C=O) groups excluding carboxylic acids is 1. The van der Waals surface area contributed by atoms with Gasteiger partial charge >= 0.3 is 0 Å². The summed E-state index contributed by atoms with van der Waals surface area (Å²) in [5.41, 5.74) is 7.01. The molecule has 1 amide bonds. The second-order valence-corrected chi connectivity index (χ2v) is 5.68. The lowest BCUT2D eigenvalue weighted by Gasteiger charge is -2.40. The van der Waals surface area contributed by atoms with E-state index in [1.165, 1.54) is 6.42 Å². The van der Waals surface area contributed by atoms with Crippen LogP contribution in [-0.4, -0.2) is 25.2 Å². The van der Waals surface area contributed by atoms with Gasteiger partial charge in [0.05, 0.1) is 11.5 Å². The van der Waals surface area contributed by atoms with E-state index in [-0.39, 0.29) is 23.5 Å². The fraction of sp³-hybridized carbons (Fsp3) is 0.562. The lowest BCUT2D eigenvalue weighted by atomic mass is 9.80. The summed E-state index contributed by atoms with van der Waals surface area (Å²) in [5, 5.41) is 2.98. The zero-order valence-electron chi connectivity index (χ0n) is 12.3. The number of benzene rings is 1. The van der Waals surface area contributed by atoms with Gasteiger partial charge in [0.15, 0.2) is 0 Å². The van der Waals surface area contributed by atoms with Crippen molar-refractivity contribution in [3.05, 3.63) is 35.9 Å². The van der Waals surface area contributed by atoms with Gasteiger partial charge in [-0.1, -0.05) is 37.3 Å². The summed E-state index contributed by atoms with van der Waals surface area (Å²) < 4.78 is 5.50. The summed E-state index contributed by atoms with van der Waals surface area (Å²) in [5.74, 6) is -0.268. The normalized spacial score (nSPS) is 19.8. The Bertz CT molecular complexity index is 438. The fourth-order valence-electron chi connectivity index (χ4n) is 2.56. The zero-order valence-corrected chi connectivity index (χ0v) is 12.3. The molecule has 1 aromatic carbocycles. The summed E-state index contributed by atoms with van der Waals surface area (Å²) in [6.45, 7) is 2.45. The SMILES string of the molecule is COC1(CNC(=O)C(C)C(N)c2ccccc2)CCC1. The predicted molar refractivity (Wildman–Crippen MR) is 79.1 cm³/mol. The van der Waals surface area contributed by atoms with Gasteiger partial charge in [-0.05, 0) is 24.8 Å². The maximum atomic E-state index is 12.2. The highest BCUT2D eigenvalue weighted by molar-refractivity contribution is 5.79. The van der Waals surface area contributed by atoms with E-state index < -0.39 is 0 Å². The molecule has 0 saturated heterocycles. The zero-order chi connectivity index (χ0) is 14.6. The largest absolute Gasteiger partial charge is 0.376 e. The van der Waals surface area contributed by atoms with Crippen LogP contribution >= 0.6 is 0 Å². The standard InChI is InChI=1S/C16H24N2O2/c1-12(14(17)13-7-4-3-5-8-13)15(19)18-11-16(20-2)9-6-10-16/h3-5,7-8,12,14H,6,9-11,17H2,1-2H3,(H,18,19). The highest BCUT2D eigenvalue weighted by Crippen LogP contribution is 2.34. The predicted octanol–water partition coefficient (Wildman–Crippen LogP) is 2.01. The van der Waals surface area contributed by atoms with E-state index >= 15 is 0 Å². The molecule has 3 N–H and O–H groups in total. The third kappa shape index (κ3) is 3.19. The molecule has 0 aliphatic heterocycles. The maximum Gasteiger partial charge on any atom is 0.224 e. The topological polar surface area (TPSA) is 64.3 Å². The smallest absolute Gasteiger partial charge is 0.224 e. The molecule has 2 atom stereocenters. The van der Waals surface area contributed by atoms with Gasteiger partial charge in [0, 0.05) is 19.7 Å². The van der Waals surface area contributed by atoms with Crippen molar-refractivity contribution in [2.45, 2.75) is 37.8 Å². The first-order valence-corrected chi connectivity index (χ1v) is 7.21. The van der Waals surface area contributed by atoms with Crippen LogP contribution in [-0.2, 0) is 9.53 Å². The first-order valence-electron chi connectivity index (χ1n) is 7.21. The number of methoxy groups -OCH3 is 1. The molecule has 0 radical (unpaired) electrons. The van der Waals surface area contributed by atoms with Crippen LogP contribution < -0.4 is 11.1 Å². The molecule has 1 aliphatic rings. The number of rotatable bonds is 6. The van der Waals surface area contributed by atoms with E-state index in [4.69, 9.17) is 10.5 Å². The molecule has 1 saturated carbocycles. The second kappa shape index (κ2) is 6.37. The third-order valence-corrected chi connectivity index (χ3v) is 4.42. The lowest BCUT2D eigenvalue weighted by Crippen LogP contribution is -2.50. The Hall–Kier alpha value is -1.39. The molecule has 0 heterocycles. The van der Waals surface area contributed by atoms with Crippen molar-refractivity contribution in [1.29, 1.82) is 0 Å². The van der Waals surface area contributed by atoms with Crippen LogP contribution in [0.15, 0.2) is 30.3 Å². The number of nitrogens with one attached hydrogen (secondary N) is 1. The van der Waals surface area contributed by atoms with Gasteiger partial charge in [-0.3, -0.25) is 4.79 Å². The quantitative estimate of drug-likeness (QED) is 0.835. The molecule has 1 aliphatic carbocycles. The minimum absolute atomic E-state index is 0.00956. The van der Waals surface area contributed by atoms with Crippen molar-refractivity contribution in [2.75, 3.05) is 13.7 Å². The average molecular weight is 276 g/mol. The summed E-state index contributed by atoms with van der Waals surface area (Å²) in [7, 11) is 1.71. The molecule has 0 aromatic heterocycles. The number of nitrogens with two attached hydrogens (primary N) is 1. The van der Waals surface area contributed by atoms with Gasteiger partial charge in [-0.15, -0.1) is 0 Å². The number of hydrogen-bond acceptors (Lipinski definition) is 3. The van der Waals surface area contributed by atoms with Crippen LogP contribution in [0, 0.1) is 5.92 Å². The van der Waals surface area contributed by atoms with E-state index in [0.717, 1.165) is 18.4 Å². The van der Waals surface area contributed by atoms with Crippen molar-refractivity contribution in [1.82, 2.24) is 5.32 Å². The molecular formula is C16H24N2O2. The molecule has 0 spiro atoms. The molecule has 20 heavy (non-hydrogen) atoms. The van der Waals surface area contributed by atoms with E-state index in [2.05, 4.69) is 5.32 Å². The van der Waals surface area contributed by atoms with Crippen molar-refractivity contribution in [3.63, 3.8) is 0 Å². The van der Waals surface area contributed by atoms with Crippen molar-refractivity contribution in [3.8, 4) is 0 Å². The first-order chi connectivity index (χ1) is 9.58. The molecule has 1 aromatic rings. The minimum atomic E-state index is -0.281. The Kier molecular flexibility index (Phi) is 4.78. The van der Waals surface area contributed by atoms with Crippen LogP contribution in [0.5, 0.6) is 0 Å². The Morgan fingerprint density at radius 3 is 2.55 bits per heavy atom. The van der Waals surface area contributed by atoms with Crippen LogP contribution in [0.2, 0.25) is 0 Å². The summed E-state index contributed by atoms with van der Waals surface area (Å²) in [4.78, 5) is 12.2. The highest BCUT2D eigenvalue weighted by Gasteiger charge is 2.37. The van der Waals surface area contributed by atoms with Crippen molar-refractivity contribution < 1.29 is 9.53 Å². The Morgan fingerprint density at radius 1 is 1.40 bits per heavy atom. The number of amides is 1. The molecule has 2 unspecified atom stereocenters. The Balaban J connectivity index is 1.88. The van der Waals surface area contributed by atoms with Crippen molar-refractivity contribution >= 4 is 5.91 Å². The van der Waals surface area contributed by atoms with E-state index in [1.807, 2.05) is 37.3 Å². The van der Waals surface area contributed by atoms with Gasteiger partial charge in [0.2, 0.25) is 5.91 Å². The first kappa shape index (κ1) is 15.0. The highest BCUT2D eigenvalue weighted by atomic mass is 16.5. The molecule has 2 rings (SSSR count). The van der Waals surface area contributed by atoms with E-state index in [0.29, 0.717) is 6.54 Å². The Morgan fingerprint density at radius 2 is 2.05 bits per heavy atom. The van der Waals surface area contributed by atoms with Gasteiger partial charge in [-0.2, -0.15) is 0 Å². The van der Waals surface area contributed by atoms with Crippen LogP contribution in [0.4, 0.5) is 0 Å². The summed E-state index contributed by atoms with van der Waals surface area (Å²) in [6.07, 6.45) is 3.20. The lowest BCUT2D eigenvalue weighted by molar-refractivity contribution is -0.128. The van der Waals surface area contributed by atoms with E-state index in [1.54, 1.807) is 7.11 Å². The van der Waals surface area contributed by atoms with Crippen LogP contribution in [0.25, 0.3) is 0 Å². The minimum Gasteiger partial charge on any atom is -0.376 e. The van der Waals surface area contributed by atoms with Gasteiger partial charge in [-0.25, -0.2) is 0 Å². The fourth-order valence-corrected chi connectivity index (χ4v) is 2.56. The molecule has 1 fully saturated rings. The van der Waals surface area contributed by atoms with Crippen LogP contribution in [0.1, 0.15) is 37.8 Å². The van der Waals surface area contributed by atoms with Crippen LogP contribution in [0.3, 0.4) is 0 Å². The van der Waals surface area contributed by atoms with Gasteiger partial charge in [0.1, 0.15) is 0 Å². The molecular weight excluding hydrogens is 252 g/mol. The summed E-state index contributed by atoms with van der Waals surface area (Å²) >= 11 is 0. The molecule has 0 bridgehead atoms. The van der Waals surface area contributed by atoms with Gasteiger partial charge < -0.3 is 15.8 Å². The number of ether oxygens (including phenoxy) is 1. The number of carbonyl (C=O) groups is 1. The molecule has 110 valence electrons. The number of hydrogen-bond donors (Lipinski definition) is 2.